The van der Waals surface area contributed by atoms with Gasteiger partial charge in [-0.05, 0) is 38.8 Å². The van der Waals surface area contributed by atoms with E-state index in [0.29, 0.717) is 11.6 Å². The summed E-state index contributed by atoms with van der Waals surface area (Å²) in [5, 5.41) is 0. The van der Waals surface area contributed by atoms with Crippen LogP contribution in [-0.4, -0.2) is 54.1 Å². The zero-order valence-corrected chi connectivity index (χ0v) is 11.3. The van der Waals surface area contributed by atoms with Crippen LogP contribution in [0.1, 0.15) is 32.6 Å². The van der Waals surface area contributed by atoms with Crippen LogP contribution in [0.4, 0.5) is 0 Å². The summed E-state index contributed by atoms with van der Waals surface area (Å²) in [6, 6.07) is 0.333. The summed E-state index contributed by atoms with van der Waals surface area (Å²) in [6.45, 7) is 9.94. The quantitative estimate of drug-likeness (QED) is 0.713. The molecule has 0 aliphatic carbocycles. The number of carbonyl (C=O) groups excluding carboxylic acids is 1. The number of rotatable bonds is 4. The van der Waals surface area contributed by atoms with Gasteiger partial charge in [-0.2, -0.15) is 0 Å². The minimum atomic E-state index is 0.295. The largest absolute Gasteiger partial charge is 0.381 e. The molecule has 4 nitrogen and oxygen atoms in total. The van der Waals surface area contributed by atoms with Crippen LogP contribution in [0.25, 0.3) is 0 Å². The van der Waals surface area contributed by atoms with Crippen LogP contribution in [0.15, 0.2) is 12.8 Å². The molecule has 102 valence electrons. The van der Waals surface area contributed by atoms with Crippen molar-refractivity contribution in [2.24, 2.45) is 0 Å². The van der Waals surface area contributed by atoms with Gasteiger partial charge in [0, 0.05) is 37.9 Å². The third-order valence-electron chi connectivity index (χ3n) is 4.55. The van der Waals surface area contributed by atoms with E-state index in [9.17, 15) is 4.79 Å². The van der Waals surface area contributed by atoms with E-state index in [2.05, 4.69) is 18.4 Å². The summed E-state index contributed by atoms with van der Waals surface area (Å²) in [7, 11) is 0. The average Bonchev–Trinajstić information content (AvgIpc) is 2.42. The van der Waals surface area contributed by atoms with E-state index in [4.69, 9.17) is 4.74 Å². The number of carbonyl (C=O) groups is 1. The highest BCUT2D eigenvalue weighted by Crippen LogP contribution is 2.30. The van der Waals surface area contributed by atoms with Crippen molar-refractivity contribution in [1.29, 1.82) is 0 Å². The van der Waals surface area contributed by atoms with Crippen LogP contribution >= 0.6 is 0 Å². The Morgan fingerprint density at radius 2 is 1.94 bits per heavy atom. The van der Waals surface area contributed by atoms with Gasteiger partial charge >= 0.3 is 0 Å². The minimum absolute atomic E-state index is 0.295. The first-order chi connectivity index (χ1) is 8.69. The lowest BCUT2D eigenvalue weighted by Gasteiger charge is -2.47. The molecule has 2 fully saturated rings. The van der Waals surface area contributed by atoms with Crippen molar-refractivity contribution in [2.75, 3.05) is 26.3 Å². The second-order valence-corrected chi connectivity index (χ2v) is 5.56. The van der Waals surface area contributed by atoms with E-state index in [0.717, 1.165) is 58.4 Å². The minimum Gasteiger partial charge on any atom is -0.381 e. The molecule has 0 unspecified atom stereocenters. The molecule has 0 aromatic heterocycles. The molecule has 4 heteroatoms. The zero-order chi connectivity index (χ0) is 13.0. The molecule has 0 N–H and O–H groups in total. The summed E-state index contributed by atoms with van der Waals surface area (Å²) in [6.07, 6.45) is 6.86. The molecule has 18 heavy (non-hydrogen) atoms. The fraction of sp³-hybridized carbons (Fsp3) is 0.786. The Bertz CT molecular complexity index is 284. The Labute approximate surface area is 110 Å². The number of piperidine rings is 1. The van der Waals surface area contributed by atoms with Crippen molar-refractivity contribution in [3.8, 4) is 0 Å². The number of nitrogens with zero attached hydrogens (tertiary/aromatic N) is 2. The van der Waals surface area contributed by atoms with Crippen LogP contribution < -0.4 is 0 Å². The summed E-state index contributed by atoms with van der Waals surface area (Å²) in [4.78, 5) is 15.2. The highest BCUT2D eigenvalue weighted by atomic mass is 16.5. The van der Waals surface area contributed by atoms with Gasteiger partial charge in [0.25, 0.3) is 0 Å². The first kappa shape index (κ1) is 13.6. The van der Waals surface area contributed by atoms with Gasteiger partial charge in [-0.3, -0.25) is 9.69 Å². The van der Waals surface area contributed by atoms with Gasteiger partial charge in [-0.1, -0.05) is 6.58 Å². The lowest BCUT2D eigenvalue weighted by atomic mass is 9.87. The van der Waals surface area contributed by atoms with E-state index in [-0.39, 0.29) is 0 Å². The monoisotopic (exact) mass is 252 g/mol. The van der Waals surface area contributed by atoms with Crippen molar-refractivity contribution >= 4 is 6.41 Å². The molecule has 0 atom stereocenters. The zero-order valence-electron chi connectivity index (χ0n) is 11.3. The highest BCUT2D eigenvalue weighted by Gasteiger charge is 2.36. The maximum atomic E-state index is 10.9. The molecule has 0 aromatic carbocycles. The molecule has 0 bridgehead atoms. The molecular formula is C14H24N2O2. The number of hydrogen-bond acceptors (Lipinski definition) is 3. The van der Waals surface area contributed by atoms with E-state index < -0.39 is 0 Å². The highest BCUT2D eigenvalue weighted by molar-refractivity contribution is 5.49. The number of ether oxygens (including phenoxy) is 1. The number of hydrogen-bond donors (Lipinski definition) is 0. The normalized spacial score (nSPS) is 25.6. The summed E-state index contributed by atoms with van der Waals surface area (Å²) < 4.78 is 5.46. The maximum absolute atomic E-state index is 10.9. The summed E-state index contributed by atoms with van der Waals surface area (Å²) in [5.41, 5.74) is 0.295. The molecule has 2 rings (SSSR count). The molecule has 1 amide bonds. The summed E-state index contributed by atoms with van der Waals surface area (Å²) >= 11 is 0. The molecule has 0 saturated carbocycles. The Hall–Kier alpha value is -0.870. The van der Waals surface area contributed by atoms with Gasteiger partial charge in [-0.15, -0.1) is 0 Å². The topological polar surface area (TPSA) is 32.8 Å². The first-order valence-corrected chi connectivity index (χ1v) is 6.88. The lowest BCUT2D eigenvalue weighted by Crippen LogP contribution is -2.54. The molecule has 2 saturated heterocycles. The Kier molecular flexibility index (Phi) is 4.40. The fourth-order valence-corrected chi connectivity index (χ4v) is 3.11. The smallest absolute Gasteiger partial charge is 0.213 e. The Morgan fingerprint density at radius 1 is 1.33 bits per heavy atom. The van der Waals surface area contributed by atoms with Crippen LogP contribution in [-0.2, 0) is 9.53 Å². The third-order valence-corrected chi connectivity index (χ3v) is 4.55. The van der Waals surface area contributed by atoms with E-state index in [1.54, 1.807) is 11.1 Å². The van der Waals surface area contributed by atoms with Gasteiger partial charge in [0.05, 0.1) is 0 Å². The molecule has 2 heterocycles. The first-order valence-electron chi connectivity index (χ1n) is 6.88. The molecule has 0 spiro atoms. The SMILES string of the molecule is C=CN(C=O)C1CCN(C2(C)CCOCC2)CC1. The van der Waals surface area contributed by atoms with Crippen molar-refractivity contribution < 1.29 is 9.53 Å². The predicted octanol–water partition coefficient (Wildman–Crippen LogP) is 1.62. The number of amides is 1. The maximum Gasteiger partial charge on any atom is 0.213 e. The second kappa shape index (κ2) is 5.85. The predicted molar refractivity (Wildman–Crippen MR) is 71.2 cm³/mol. The third kappa shape index (κ3) is 2.75. The van der Waals surface area contributed by atoms with E-state index in [1.807, 2.05) is 0 Å². The van der Waals surface area contributed by atoms with Crippen LogP contribution in [0.3, 0.4) is 0 Å². The van der Waals surface area contributed by atoms with Crippen molar-refractivity contribution in [3.05, 3.63) is 12.8 Å². The van der Waals surface area contributed by atoms with E-state index >= 15 is 0 Å². The standard InChI is InChI=1S/C14H24N2O2/c1-3-15(12-17)13-4-8-16(9-5-13)14(2)6-10-18-11-7-14/h3,12-13H,1,4-11H2,2H3. The van der Waals surface area contributed by atoms with Crippen molar-refractivity contribution in [3.63, 3.8) is 0 Å². The summed E-state index contributed by atoms with van der Waals surface area (Å²) in [5.74, 6) is 0. The molecule has 2 aliphatic heterocycles. The van der Waals surface area contributed by atoms with Gasteiger partial charge < -0.3 is 9.64 Å². The molecule has 0 radical (unpaired) electrons. The van der Waals surface area contributed by atoms with Crippen molar-refractivity contribution in [2.45, 2.75) is 44.2 Å². The lowest BCUT2D eigenvalue weighted by molar-refractivity contribution is -0.118. The van der Waals surface area contributed by atoms with Gasteiger partial charge in [0.1, 0.15) is 0 Å². The van der Waals surface area contributed by atoms with Gasteiger partial charge in [-0.25, -0.2) is 0 Å². The Balaban J connectivity index is 1.89. The van der Waals surface area contributed by atoms with Crippen LogP contribution in [0.5, 0.6) is 0 Å². The number of likely N-dealkylation sites (tertiary alicyclic amines) is 1. The van der Waals surface area contributed by atoms with Crippen molar-refractivity contribution in [1.82, 2.24) is 9.80 Å². The second-order valence-electron chi connectivity index (χ2n) is 5.56. The fourth-order valence-electron chi connectivity index (χ4n) is 3.11. The molecule has 0 aromatic rings. The van der Waals surface area contributed by atoms with Crippen LogP contribution in [0, 0.1) is 0 Å². The van der Waals surface area contributed by atoms with Crippen LogP contribution in [0.2, 0.25) is 0 Å². The Morgan fingerprint density at radius 3 is 2.44 bits per heavy atom. The van der Waals surface area contributed by atoms with Gasteiger partial charge in [0.2, 0.25) is 6.41 Å². The molecular weight excluding hydrogens is 228 g/mol. The average molecular weight is 252 g/mol. The molecule has 2 aliphatic rings. The van der Waals surface area contributed by atoms with Gasteiger partial charge in [0.15, 0.2) is 0 Å². The van der Waals surface area contributed by atoms with E-state index in [1.165, 1.54) is 0 Å².